The maximum absolute atomic E-state index is 11.1. The maximum Gasteiger partial charge on any atom is 0.288 e. The largest absolute Gasteiger partial charge is 0.395 e. The Kier molecular flexibility index (Phi) is 7.81. The van der Waals surface area contributed by atoms with Crippen LogP contribution in [0.2, 0.25) is 0 Å². The quantitative estimate of drug-likeness (QED) is 0.166. The normalized spacial score (nSPS) is 12.1. The van der Waals surface area contributed by atoms with Gasteiger partial charge in [-0.3, -0.25) is 9.59 Å². The second kappa shape index (κ2) is 8.90. The molecule has 0 rings (SSSR count). The highest BCUT2D eigenvalue weighted by atomic mass is 16.3. The molecule has 0 fully saturated rings. The van der Waals surface area contributed by atoms with E-state index in [1.54, 1.807) is 0 Å². The van der Waals surface area contributed by atoms with Crippen LogP contribution in [0.1, 0.15) is 0 Å². The summed E-state index contributed by atoms with van der Waals surface area (Å²) in [6.07, 6.45) is 0. The van der Waals surface area contributed by atoms with Crippen molar-refractivity contribution in [3.8, 4) is 0 Å². The molecular weight excluding hydrogens is 244 g/mol. The first-order valence-electron chi connectivity index (χ1n) is 4.97. The first-order valence-corrected chi connectivity index (χ1v) is 4.97. The fourth-order valence-electron chi connectivity index (χ4n) is 0.719. The second-order valence-electron chi connectivity index (χ2n) is 2.93. The number of amides is 2. The summed E-state index contributed by atoms with van der Waals surface area (Å²) < 4.78 is 0. The molecule has 0 heterocycles. The van der Waals surface area contributed by atoms with Gasteiger partial charge in [0.1, 0.15) is 0 Å². The van der Waals surface area contributed by atoms with Crippen molar-refractivity contribution in [2.45, 2.75) is 0 Å². The summed E-state index contributed by atoms with van der Waals surface area (Å²) in [4.78, 5) is 22.3. The van der Waals surface area contributed by atoms with Gasteiger partial charge >= 0.3 is 0 Å². The number of nitrogens with zero attached hydrogens (tertiary/aromatic N) is 2. The van der Waals surface area contributed by atoms with Gasteiger partial charge in [-0.05, 0) is 0 Å². The van der Waals surface area contributed by atoms with Crippen LogP contribution in [0.4, 0.5) is 0 Å². The van der Waals surface area contributed by atoms with Crippen molar-refractivity contribution < 1.29 is 19.8 Å². The number of rotatable bonds is 5. The van der Waals surface area contributed by atoms with E-state index in [0.29, 0.717) is 0 Å². The number of amidine groups is 2. The molecule has 0 saturated carbocycles. The van der Waals surface area contributed by atoms with Crippen molar-refractivity contribution in [1.29, 1.82) is 0 Å². The average Bonchev–Trinajstić information content (AvgIpc) is 2.38. The number of carbonyl (C=O) groups excluding carboxylic acids is 2. The molecule has 102 valence electrons. The minimum atomic E-state index is -0.739. The van der Waals surface area contributed by atoms with Gasteiger partial charge in [-0.15, -0.1) is 10.2 Å². The standard InChI is InChI=1S/C8H16N6O4/c9-5(7(17)11-1-3-15)13-14-6(10)8(18)12-2-4-16/h15-16H,1-4H2,(H2,9,13)(H2,10,14)(H,11,17)(H,12,18). The smallest absolute Gasteiger partial charge is 0.288 e. The molecule has 2 amide bonds. The number of hydrogen-bond acceptors (Lipinski definition) is 6. The average molecular weight is 260 g/mol. The molecule has 0 saturated heterocycles. The molecule has 0 aromatic heterocycles. The van der Waals surface area contributed by atoms with Crippen LogP contribution in [0.25, 0.3) is 0 Å². The molecule has 10 heteroatoms. The van der Waals surface area contributed by atoms with Gasteiger partial charge in [0.15, 0.2) is 0 Å². The summed E-state index contributed by atoms with van der Waals surface area (Å²) in [6.45, 7) is -0.446. The monoisotopic (exact) mass is 260 g/mol. The van der Waals surface area contributed by atoms with E-state index in [2.05, 4.69) is 20.8 Å². The molecule has 0 aliphatic heterocycles. The van der Waals surface area contributed by atoms with Crippen molar-refractivity contribution in [1.82, 2.24) is 10.6 Å². The molecule has 0 aromatic carbocycles. The Morgan fingerprint density at radius 1 is 0.889 bits per heavy atom. The summed E-state index contributed by atoms with van der Waals surface area (Å²) >= 11 is 0. The zero-order valence-corrected chi connectivity index (χ0v) is 9.59. The van der Waals surface area contributed by atoms with E-state index < -0.39 is 23.5 Å². The van der Waals surface area contributed by atoms with Gasteiger partial charge < -0.3 is 32.3 Å². The second-order valence-corrected chi connectivity index (χ2v) is 2.93. The van der Waals surface area contributed by atoms with Gasteiger partial charge in [-0.1, -0.05) is 0 Å². The van der Waals surface area contributed by atoms with Gasteiger partial charge in [0.2, 0.25) is 11.7 Å². The van der Waals surface area contributed by atoms with Crippen LogP contribution >= 0.6 is 0 Å². The van der Waals surface area contributed by atoms with Crippen LogP contribution in [0.3, 0.4) is 0 Å². The molecule has 0 spiro atoms. The highest BCUT2D eigenvalue weighted by molar-refractivity contribution is 6.39. The Labute approximate surface area is 103 Å². The zero-order valence-electron chi connectivity index (χ0n) is 9.59. The third-order valence-corrected chi connectivity index (χ3v) is 1.53. The Hall–Kier alpha value is -2.20. The topological polar surface area (TPSA) is 175 Å². The van der Waals surface area contributed by atoms with Crippen LogP contribution in [-0.2, 0) is 9.59 Å². The fourth-order valence-corrected chi connectivity index (χ4v) is 0.719. The Morgan fingerprint density at radius 3 is 1.50 bits per heavy atom. The summed E-state index contributed by atoms with van der Waals surface area (Å²) in [5, 5.41) is 27.9. The third-order valence-electron chi connectivity index (χ3n) is 1.53. The van der Waals surface area contributed by atoms with Crippen molar-refractivity contribution in [2.75, 3.05) is 26.3 Å². The fraction of sp³-hybridized carbons (Fsp3) is 0.500. The molecule has 0 unspecified atom stereocenters. The van der Waals surface area contributed by atoms with Gasteiger partial charge in [-0.2, -0.15) is 0 Å². The number of hydrogen-bond donors (Lipinski definition) is 6. The molecule has 0 atom stereocenters. The Balaban J connectivity index is 4.39. The number of nitrogens with one attached hydrogen (secondary N) is 2. The predicted octanol–water partition coefficient (Wildman–Crippen LogP) is -4.17. The Bertz CT molecular complexity index is 319. The molecule has 0 aliphatic rings. The lowest BCUT2D eigenvalue weighted by atomic mass is 10.5. The molecule has 18 heavy (non-hydrogen) atoms. The number of carbonyl (C=O) groups is 2. The molecule has 0 aliphatic carbocycles. The molecule has 0 bridgehead atoms. The van der Waals surface area contributed by atoms with E-state index in [4.69, 9.17) is 21.7 Å². The van der Waals surface area contributed by atoms with Crippen molar-refractivity contribution >= 4 is 23.5 Å². The zero-order chi connectivity index (χ0) is 14.0. The molecule has 0 aromatic rings. The highest BCUT2D eigenvalue weighted by Gasteiger charge is 2.08. The lowest BCUT2D eigenvalue weighted by Gasteiger charge is -2.01. The molecule has 0 radical (unpaired) electrons. The van der Waals surface area contributed by atoms with Crippen molar-refractivity contribution in [3.05, 3.63) is 0 Å². The number of nitrogens with two attached hydrogens (primary N) is 2. The van der Waals surface area contributed by atoms with E-state index >= 15 is 0 Å². The summed E-state index contributed by atoms with van der Waals surface area (Å²) in [6, 6.07) is 0. The summed E-state index contributed by atoms with van der Waals surface area (Å²) in [5.74, 6) is -2.48. The predicted molar refractivity (Wildman–Crippen MR) is 63.4 cm³/mol. The van der Waals surface area contributed by atoms with E-state index in [1.807, 2.05) is 0 Å². The van der Waals surface area contributed by atoms with E-state index in [-0.39, 0.29) is 26.3 Å². The van der Waals surface area contributed by atoms with Gasteiger partial charge in [0, 0.05) is 13.1 Å². The number of aliphatic hydroxyl groups excluding tert-OH is 2. The third kappa shape index (κ3) is 6.40. The molecule has 8 N–H and O–H groups in total. The molecular formula is C8H16N6O4. The summed E-state index contributed by atoms with van der Waals surface area (Å²) in [5.41, 5.74) is 10.5. The van der Waals surface area contributed by atoms with Crippen LogP contribution in [0, 0.1) is 0 Å². The van der Waals surface area contributed by atoms with E-state index in [9.17, 15) is 9.59 Å². The van der Waals surface area contributed by atoms with Crippen LogP contribution in [0.5, 0.6) is 0 Å². The lowest BCUT2D eigenvalue weighted by Crippen LogP contribution is -2.39. The lowest BCUT2D eigenvalue weighted by molar-refractivity contribution is -0.115. The van der Waals surface area contributed by atoms with E-state index in [1.165, 1.54) is 0 Å². The SMILES string of the molecule is N/C(=N\N=C(/N)C(=O)NCCO)C(=O)NCCO. The Morgan fingerprint density at radius 2 is 1.22 bits per heavy atom. The van der Waals surface area contributed by atoms with E-state index in [0.717, 1.165) is 0 Å². The minimum absolute atomic E-state index is 0.0191. The summed E-state index contributed by atoms with van der Waals surface area (Å²) in [7, 11) is 0. The van der Waals surface area contributed by atoms with Gasteiger partial charge in [0.05, 0.1) is 13.2 Å². The minimum Gasteiger partial charge on any atom is -0.395 e. The number of aliphatic hydroxyl groups is 2. The highest BCUT2D eigenvalue weighted by Crippen LogP contribution is 1.78. The van der Waals surface area contributed by atoms with Crippen LogP contribution in [-0.4, -0.2) is 60.0 Å². The van der Waals surface area contributed by atoms with Gasteiger partial charge in [-0.25, -0.2) is 0 Å². The van der Waals surface area contributed by atoms with Crippen LogP contribution < -0.4 is 22.1 Å². The van der Waals surface area contributed by atoms with Crippen molar-refractivity contribution in [2.24, 2.45) is 21.7 Å². The first kappa shape index (κ1) is 15.8. The first-order chi connectivity index (χ1) is 8.52. The van der Waals surface area contributed by atoms with Gasteiger partial charge in [0.25, 0.3) is 11.8 Å². The van der Waals surface area contributed by atoms with Crippen LogP contribution in [0.15, 0.2) is 10.2 Å². The van der Waals surface area contributed by atoms with Crippen molar-refractivity contribution in [3.63, 3.8) is 0 Å². The molecule has 10 nitrogen and oxygen atoms in total. The maximum atomic E-state index is 11.1.